The monoisotopic (exact) mass is 401 g/mol. The third-order valence-electron chi connectivity index (χ3n) is 4.72. The van der Waals surface area contributed by atoms with Gasteiger partial charge in [0, 0.05) is 24.8 Å². The zero-order valence-corrected chi connectivity index (χ0v) is 15.4. The summed E-state index contributed by atoms with van der Waals surface area (Å²) in [6.45, 7) is 0.781. The number of aryl methyl sites for hydroxylation is 1. The molecule has 1 saturated carbocycles. The van der Waals surface area contributed by atoms with Gasteiger partial charge in [0.1, 0.15) is 11.6 Å². The molecule has 0 spiro atoms. The van der Waals surface area contributed by atoms with Crippen LogP contribution in [0.4, 0.5) is 13.2 Å². The van der Waals surface area contributed by atoms with Crippen LogP contribution in [0, 0.1) is 18.3 Å². The predicted octanol–water partition coefficient (Wildman–Crippen LogP) is 1.95. The lowest BCUT2D eigenvalue weighted by Crippen LogP contribution is -2.54. The van der Waals surface area contributed by atoms with Crippen molar-refractivity contribution < 1.29 is 41.8 Å². The lowest BCUT2D eigenvalue weighted by molar-refractivity contribution is -0.166. The van der Waals surface area contributed by atoms with Crippen molar-refractivity contribution in [3.8, 4) is 0 Å². The molecule has 0 saturated heterocycles. The Bertz CT molecular complexity index is 835. The van der Waals surface area contributed by atoms with Gasteiger partial charge < -0.3 is 9.47 Å². The van der Waals surface area contributed by atoms with Crippen molar-refractivity contribution >= 4 is 23.3 Å². The van der Waals surface area contributed by atoms with E-state index in [1.54, 1.807) is 0 Å². The summed E-state index contributed by atoms with van der Waals surface area (Å²) in [6, 6.07) is 1.47. The van der Waals surface area contributed by atoms with Crippen LogP contribution >= 0.6 is 0 Å². The summed E-state index contributed by atoms with van der Waals surface area (Å²) in [7, 11) is 2.30. The first kappa shape index (κ1) is 21.7. The van der Waals surface area contributed by atoms with Gasteiger partial charge in [0.15, 0.2) is 22.8 Å². The highest BCUT2D eigenvalue weighted by Gasteiger charge is 2.56. The van der Waals surface area contributed by atoms with Crippen LogP contribution in [0.15, 0.2) is 12.1 Å². The minimum Gasteiger partial charge on any atom is -0.468 e. The number of pyridine rings is 1. The highest BCUT2D eigenvalue weighted by Crippen LogP contribution is 2.38. The normalized spacial score (nSPS) is 22.9. The molecule has 1 fully saturated rings. The summed E-state index contributed by atoms with van der Waals surface area (Å²) in [5.41, 5.74) is -3.60. The van der Waals surface area contributed by atoms with Crippen LogP contribution in [0.1, 0.15) is 34.6 Å². The van der Waals surface area contributed by atoms with Crippen molar-refractivity contribution in [2.45, 2.75) is 25.9 Å². The second-order valence-corrected chi connectivity index (χ2v) is 6.46. The fourth-order valence-electron chi connectivity index (χ4n) is 3.27. The molecule has 1 aromatic heterocycles. The fourth-order valence-corrected chi connectivity index (χ4v) is 3.27. The molecule has 28 heavy (non-hydrogen) atoms. The first-order valence-corrected chi connectivity index (χ1v) is 8.23. The minimum absolute atomic E-state index is 0.181. The fraction of sp³-hybridized carbons (Fsp3) is 0.500. The summed E-state index contributed by atoms with van der Waals surface area (Å²) in [5, 5.41) is 0. The lowest BCUT2D eigenvalue weighted by Gasteiger charge is -2.35. The third kappa shape index (κ3) is 3.68. The van der Waals surface area contributed by atoms with E-state index in [2.05, 4.69) is 9.72 Å². The number of alkyl halides is 3. The van der Waals surface area contributed by atoms with E-state index >= 15 is 0 Å². The van der Waals surface area contributed by atoms with Crippen LogP contribution in [0.2, 0.25) is 0 Å². The van der Waals surface area contributed by atoms with Crippen LogP contribution in [0.5, 0.6) is 0 Å². The summed E-state index contributed by atoms with van der Waals surface area (Å²) in [5.74, 6) is -5.48. The smallest absolute Gasteiger partial charge is 0.433 e. The molecule has 1 aliphatic rings. The maximum Gasteiger partial charge on any atom is 0.433 e. The number of rotatable bonds is 5. The van der Waals surface area contributed by atoms with E-state index in [0.717, 1.165) is 13.2 Å². The molecule has 0 amide bonds. The molecule has 2 atom stereocenters. The van der Waals surface area contributed by atoms with E-state index in [4.69, 9.17) is 4.74 Å². The number of ketones is 3. The Hall–Kier alpha value is -2.62. The van der Waals surface area contributed by atoms with Gasteiger partial charge in [-0.15, -0.1) is 0 Å². The summed E-state index contributed by atoms with van der Waals surface area (Å²) >= 11 is 0. The lowest BCUT2D eigenvalue weighted by atomic mass is 9.66. The summed E-state index contributed by atoms with van der Waals surface area (Å²) < 4.78 is 47.9. The van der Waals surface area contributed by atoms with Crippen molar-refractivity contribution in [3.63, 3.8) is 0 Å². The Kier molecular flexibility index (Phi) is 6.03. The Morgan fingerprint density at radius 3 is 2.39 bits per heavy atom. The van der Waals surface area contributed by atoms with Crippen LogP contribution in [0.25, 0.3) is 0 Å². The van der Waals surface area contributed by atoms with Crippen LogP contribution in [-0.4, -0.2) is 49.1 Å². The molecular formula is C18H18F3NO6. The number of methoxy groups -OCH3 is 2. The van der Waals surface area contributed by atoms with Crippen molar-refractivity contribution in [2.24, 2.45) is 11.3 Å². The van der Waals surface area contributed by atoms with Gasteiger partial charge in [0.2, 0.25) is 0 Å². The van der Waals surface area contributed by atoms with Crippen molar-refractivity contribution in [1.82, 2.24) is 4.98 Å². The molecule has 0 bridgehead atoms. The molecular weight excluding hydrogens is 383 g/mol. The van der Waals surface area contributed by atoms with Gasteiger partial charge in [0.25, 0.3) is 0 Å². The zero-order valence-electron chi connectivity index (χ0n) is 15.4. The number of hydrogen-bond acceptors (Lipinski definition) is 7. The SMILES string of the molecule is COCC1(C(=O)OC)CCC(=O)C(C(=O)c2ccc(C(F)(F)F)nc2C)C1=O. The van der Waals surface area contributed by atoms with E-state index in [-0.39, 0.29) is 30.7 Å². The highest BCUT2D eigenvalue weighted by molar-refractivity contribution is 6.29. The second-order valence-electron chi connectivity index (χ2n) is 6.46. The maximum atomic E-state index is 13.0. The van der Waals surface area contributed by atoms with E-state index < -0.39 is 46.5 Å². The quantitative estimate of drug-likeness (QED) is 0.422. The number of aromatic nitrogens is 1. The summed E-state index contributed by atoms with van der Waals surface area (Å²) in [6.07, 6.45) is -5.14. The average molecular weight is 401 g/mol. The average Bonchev–Trinajstić information content (AvgIpc) is 2.62. The maximum absolute atomic E-state index is 13.0. The molecule has 0 N–H and O–H groups in total. The number of esters is 1. The number of carbonyl (C=O) groups is 4. The molecule has 152 valence electrons. The molecule has 7 nitrogen and oxygen atoms in total. The van der Waals surface area contributed by atoms with E-state index in [0.29, 0.717) is 6.07 Å². The Labute approximate surface area is 158 Å². The van der Waals surface area contributed by atoms with Gasteiger partial charge in [-0.25, -0.2) is 4.98 Å². The number of hydrogen-bond donors (Lipinski definition) is 0. The molecule has 0 aromatic carbocycles. The number of ether oxygens (including phenoxy) is 2. The number of carbonyl (C=O) groups excluding carboxylic acids is 4. The largest absolute Gasteiger partial charge is 0.468 e. The highest BCUT2D eigenvalue weighted by atomic mass is 19.4. The van der Waals surface area contributed by atoms with Crippen LogP contribution in [0.3, 0.4) is 0 Å². The van der Waals surface area contributed by atoms with Gasteiger partial charge in [-0.2, -0.15) is 13.2 Å². The third-order valence-corrected chi connectivity index (χ3v) is 4.72. The van der Waals surface area contributed by atoms with E-state index in [1.807, 2.05) is 0 Å². The topological polar surface area (TPSA) is 99.6 Å². The van der Waals surface area contributed by atoms with Gasteiger partial charge in [0.05, 0.1) is 13.7 Å². The number of halogens is 3. The number of nitrogens with zero attached hydrogens (tertiary/aromatic N) is 1. The van der Waals surface area contributed by atoms with Gasteiger partial charge in [-0.3, -0.25) is 19.2 Å². The van der Waals surface area contributed by atoms with Crippen LogP contribution in [-0.2, 0) is 30.0 Å². The van der Waals surface area contributed by atoms with Crippen molar-refractivity contribution in [3.05, 3.63) is 29.1 Å². The Balaban J connectivity index is 2.47. The Morgan fingerprint density at radius 1 is 1.25 bits per heavy atom. The van der Waals surface area contributed by atoms with E-state index in [9.17, 15) is 32.3 Å². The van der Waals surface area contributed by atoms with Crippen molar-refractivity contribution in [2.75, 3.05) is 20.8 Å². The molecule has 1 heterocycles. The van der Waals surface area contributed by atoms with E-state index in [1.165, 1.54) is 14.0 Å². The summed E-state index contributed by atoms with van der Waals surface area (Å²) in [4.78, 5) is 53.7. The molecule has 2 rings (SSSR count). The standard InChI is InChI=1S/C18H18F3NO6/c1-9-10(4-5-12(22-9)18(19,20)21)14(24)13-11(23)6-7-17(8-27-2,15(13)25)16(26)28-3/h4-5,13H,6-8H2,1-3H3. The second kappa shape index (κ2) is 7.78. The molecule has 0 radical (unpaired) electrons. The van der Waals surface area contributed by atoms with Gasteiger partial charge in [-0.1, -0.05) is 0 Å². The minimum atomic E-state index is -4.71. The first-order valence-electron chi connectivity index (χ1n) is 8.23. The molecule has 2 unspecified atom stereocenters. The van der Waals surface area contributed by atoms with Gasteiger partial charge >= 0.3 is 12.1 Å². The van der Waals surface area contributed by atoms with Crippen molar-refractivity contribution in [1.29, 1.82) is 0 Å². The predicted molar refractivity (Wildman–Crippen MR) is 87.4 cm³/mol. The van der Waals surface area contributed by atoms with Gasteiger partial charge in [-0.05, 0) is 25.5 Å². The zero-order chi connectivity index (χ0) is 21.3. The van der Waals surface area contributed by atoms with Crippen LogP contribution < -0.4 is 0 Å². The number of Topliss-reactive ketones (excluding diaryl/α,β-unsaturated/α-hetero) is 3. The molecule has 1 aromatic rings. The molecule has 1 aliphatic carbocycles. The molecule has 0 aliphatic heterocycles. The Morgan fingerprint density at radius 2 is 1.89 bits per heavy atom. The first-order chi connectivity index (χ1) is 13.0. The molecule has 10 heteroatoms.